The number of ether oxygens (including phenoxy) is 1. The fourth-order valence-electron chi connectivity index (χ4n) is 1.92. The second-order valence-electron chi connectivity index (χ2n) is 4.63. The first-order valence-electron chi connectivity index (χ1n) is 6.18. The molecule has 0 fully saturated rings. The number of rotatable bonds is 4. The summed E-state index contributed by atoms with van der Waals surface area (Å²) in [6.45, 7) is 4.64. The minimum absolute atomic E-state index is 0.0262. The van der Waals surface area contributed by atoms with Crippen molar-refractivity contribution in [3.8, 4) is 5.75 Å². The SMILES string of the molecule is Cc1ccc(C)c(COc2ccc(Br)cc2CO)c1. The minimum atomic E-state index is -0.0262. The highest BCUT2D eigenvalue weighted by Crippen LogP contribution is 2.24. The summed E-state index contributed by atoms with van der Waals surface area (Å²) in [6.07, 6.45) is 0. The third kappa shape index (κ3) is 3.58. The number of halogens is 1. The average Bonchev–Trinajstić information content (AvgIpc) is 2.40. The molecule has 0 radical (unpaired) electrons. The van der Waals surface area contributed by atoms with Gasteiger partial charge < -0.3 is 9.84 Å². The molecule has 2 aromatic rings. The lowest BCUT2D eigenvalue weighted by atomic mass is 10.1. The van der Waals surface area contributed by atoms with E-state index in [2.05, 4.69) is 48.0 Å². The number of hydrogen-bond acceptors (Lipinski definition) is 2. The number of aryl methyl sites for hydroxylation is 2. The van der Waals surface area contributed by atoms with Gasteiger partial charge in [-0.05, 0) is 43.2 Å². The van der Waals surface area contributed by atoms with Crippen LogP contribution in [-0.2, 0) is 13.2 Å². The van der Waals surface area contributed by atoms with Gasteiger partial charge >= 0.3 is 0 Å². The fraction of sp³-hybridized carbons (Fsp3) is 0.250. The van der Waals surface area contributed by atoms with E-state index in [9.17, 15) is 5.11 Å². The Morgan fingerprint density at radius 2 is 1.84 bits per heavy atom. The van der Waals surface area contributed by atoms with Gasteiger partial charge in [0.05, 0.1) is 6.61 Å². The molecule has 0 bridgehead atoms. The molecule has 19 heavy (non-hydrogen) atoms. The molecule has 100 valence electrons. The summed E-state index contributed by atoms with van der Waals surface area (Å²) >= 11 is 3.39. The lowest BCUT2D eigenvalue weighted by molar-refractivity contribution is 0.258. The van der Waals surface area contributed by atoms with Gasteiger partial charge in [-0.3, -0.25) is 0 Å². The van der Waals surface area contributed by atoms with Crippen LogP contribution in [0.25, 0.3) is 0 Å². The summed E-state index contributed by atoms with van der Waals surface area (Å²) in [6, 6.07) is 12.0. The summed E-state index contributed by atoms with van der Waals surface area (Å²) in [5, 5.41) is 9.34. The van der Waals surface area contributed by atoms with Crippen molar-refractivity contribution in [1.29, 1.82) is 0 Å². The first-order chi connectivity index (χ1) is 9.10. The molecule has 0 amide bonds. The lowest BCUT2D eigenvalue weighted by Crippen LogP contribution is -2.01. The van der Waals surface area contributed by atoms with Crippen LogP contribution in [0.15, 0.2) is 40.9 Å². The highest BCUT2D eigenvalue weighted by atomic mass is 79.9. The fourth-order valence-corrected chi connectivity index (χ4v) is 2.33. The Hall–Kier alpha value is -1.32. The summed E-state index contributed by atoms with van der Waals surface area (Å²) < 4.78 is 6.76. The molecule has 3 heteroatoms. The van der Waals surface area contributed by atoms with Crippen molar-refractivity contribution in [2.45, 2.75) is 27.1 Å². The monoisotopic (exact) mass is 320 g/mol. The Morgan fingerprint density at radius 3 is 2.58 bits per heavy atom. The molecule has 0 atom stereocenters. The summed E-state index contributed by atoms with van der Waals surface area (Å²) in [5.74, 6) is 0.728. The van der Waals surface area contributed by atoms with Crippen LogP contribution in [0.3, 0.4) is 0 Å². The van der Waals surface area contributed by atoms with E-state index in [1.165, 1.54) is 16.7 Å². The number of aliphatic hydroxyl groups excluding tert-OH is 1. The van der Waals surface area contributed by atoms with Crippen molar-refractivity contribution >= 4 is 15.9 Å². The molecule has 2 rings (SSSR count). The normalized spacial score (nSPS) is 10.5. The first kappa shape index (κ1) is 14.1. The molecule has 0 aliphatic carbocycles. The largest absolute Gasteiger partial charge is 0.489 e. The van der Waals surface area contributed by atoms with E-state index in [1.54, 1.807) is 0 Å². The van der Waals surface area contributed by atoms with Gasteiger partial charge in [0.15, 0.2) is 0 Å². The number of benzene rings is 2. The van der Waals surface area contributed by atoms with Crippen molar-refractivity contribution in [2.24, 2.45) is 0 Å². The van der Waals surface area contributed by atoms with Crippen LogP contribution in [0.5, 0.6) is 5.75 Å². The molecule has 0 saturated carbocycles. The maximum absolute atomic E-state index is 9.34. The molecule has 2 nitrogen and oxygen atoms in total. The Morgan fingerprint density at radius 1 is 1.05 bits per heavy atom. The van der Waals surface area contributed by atoms with Gasteiger partial charge in [-0.2, -0.15) is 0 Å². The summed E-state index contributed by atoms with van der Waals surface area (Å²) in [4.78, 5) is 0. The zero-order valence-corrected chi connectivity index (χ0v) is 12.7. The molecule has 1 N–H and O–H groups in total. The Bertz CT molecular complexity index is 579. The Labute approximate surface area is 122 Å². The van der Waals surface area contributed by atoms with Crippen LogP contribution in [0.4, 0.5) is 0 Å². The Balaban J connectivity index is 2.16. The minimum Gasteiger partial charge on any atom is -0.489 e. The lowest BCUT2D eigenvalue weighted by Gasteiger charge is -2.12. The molecule has 0 spiro atoms. The topological polar surface area (TPSA) is 29.5 Å². The first-order valence-corrected chi connectivity index (χ1v) is 6.97. The van der Waals surface area contributed by atoms with Gasteiger partial charge in [0.1, 0.15) is 12.4 Å². The second kappa shape index (κ2) is 6.22. The van der Waals surface area contributed by atoms with Crippen LogP contribution in [-0.4, -0.2) is 5.11 Å². The van der Waals surface area contributed by atoms with Crippen LogP contribution in [0, 0.1) is 13.8 Å². The molecule has 0 aliphatic rings. The Kier molecular flexibility index (Phi) is 4.61. The van der Waals surface area contributed by atoms with E-state index >= 15 is 0 Å². The second-order valence-corrected chi connectivity index (χ2v) is 5.54. The number of hydrogen-bond donors (Lipinski definition) is 1. The molecule has 0 aliphatic heterocycles. The van der Waals surface area contributed by atoms with Crippen LogP contribution in [0.1, 0.15) is 22.3 Å². The smallest absolute Gasteiger partial charge is 0.125 e. The van der Waals surface area contributed by atoms with Gasteiger partial charge in [-0.1, -0.05) is 39.7 Å². The van der Waals surface area contributed by atoms with E-state index in [0.717, 1.165) is 15.8 Å². The molecule has 0 saturated heterocycles. The van der Waals surface area contributed by atoms with E-state index in [4.69, 9.17) is 4.74 Å². The standard InChI is InChI=1S/C16H17BrO2/c1-11-3-4-12(2)14(7-11)10-19-16-6-5-15(17)8-13(16)9-18/h3-8,18H,9-10H2,1-2H3. The molecule has 0 unspecified atom stereocenters. The number of aliphatic hydroxyl groups is 1. The van der Waals surface area contributed by atoms with Crippen LogP contribution >= 0.6 is 15.9 Å². The quantitative estimate of drug-likeness (QED) is 0.917. The van der Waals surface area contributed by atoms with Gasteiger partial charge in [0.25, 0.3) is 0 Å². The zero-order valence-electron chi connectivity index (χ0n) is 11.1. The maximum Gasteiger partial charge on any atom is 0.125 e. The van der Waals surface area contributed by atoms with Gasteiger partial charge in [-0.15, -0.1) is 0 Å². The van der Waals surface area contributed by atoms with Gasteiger partial charge in [0, 0.05) is 10.0 Å². The van der Waals surface area contributed by atoms with E-state index in [0.29, 0.717) is 6.61 Å². The van der Waals surface area contributed by atoms with Crippen molar-refractivity contribution in [1.82, 2.24) is 0 Å². The summed E-state index contributed by atoms with van der Waals surface area (Å²) in [7, 11) is 0. The van der Waals surface area contributed by atoms with Crippen molar-refractivity contribution < 1.29 is 9.84 Å². The van der Waals surface area contributed by atoms with Crippen molar-refractivity contribution in [2.75, 3.05) is 0 Å². The van der Waals surface area contributed by atoms with E-state index in [-0.39, 0.29) is 6.61 Å². The predicted molar refractivity (Wildman–Crippen MR) is 80.3 cm³/mol. The third-order valence-electron chi connectivity index (χ3n) is 3.08. The average molecular weight is 321 g/mol. The van der Waals surface area contributed by atoms with Gasteiger partial charge in [-0.25, -0.2) is 0 Å². The molecule has 2 aromatic carbocycles. The molecular weight excluding hydrogens is 304 g/mol. The van der Waals surface area contributed by atoms with E-state index in [1.807, 2.05) is 18.2 Å². The summed E-state index contributed by atoms with van der Waals surface area (Å²) in [5.41, 5.74) is 4.40. The molecular formula is C16H17BrO2. The molecule has 0 heterocycles. The highest BCUT2D eigenvalue weighted by Gasteiger charge is 2.05. The van der Waals surface area contributed by atoms with Gasteiger partial charge in [0.2, 0.25) is 0 Å². The van der Waals surface area contributed by atoms with Crippen LogP contribution < -0.4 is 4.74 Å². The zero-order chi connectivity index (χ0) is 13.8. The van der Waals surface area contributed by atoms with Crippen molar-refractivity contribution in [3.63, 3.8) is 0 Å². The highest BCUT2D eigenvalue weighted by molar-refractivity contribution is 9.10. The van der Waals surface area contributed by atoms with E-state index < -0.39 is 0 Å². The van der Waals surface area contributed by atoms with Crippen LogP contribution in [0.2, 0.25) is 0 Å². The third-order valence-corrected chi connectivity index (χ3v) is 3.57. The predicted octanol–water partition coefficient (Wildman–Crippen LogP) is 4.14. The maximum atomic E-state index is 9.34. The van der Waals surface area contributed by atoms with Crippen molar-refractivity contribution in [3.05, 3.63) is 63.1 Å². The molecule has 0 aromatic heterocycles.